The molecule has 0 atom stereocenters. The van der Waals surface area contributed by atoms with E-state index in [1.54, 1.807) is 25.3 Å². The predicted octanol–water partition coefficient (Wildman–Crippen LogP) is 1.91. The highest BCUT2D eigenvalue weighted by Gasteiger charge is 2.07. The molecular formula is C13H13N3O4S. The molecule has 7 nitrogen and oxygen atoms in total. The second-order valence-corrected chi connectivity index (χ2v) is 4.37. The Morgan fingerprint density at radius 2 is 2.05 bits per heavy atom. The maximum absolute atomic E-state index is 11.7. The monoisotopic (exact) mass is 307 g/mol. The summed E-state index contributed by atoms with van der Waals surface area (Å²) in [5.74, 6) is 0.751. The van der Waals surface area contributed by atoms with E-state index in [0.717, 1.165) is 0 Å². The molecule has 2 rings (SSSR count). The van der Waals surface area contributed by atoms with Gasteiger partial charge in [-0.1, -0.05) is 0 Å². The molecule has 21 heavy (non-hydrogen) atoms. The van der Waals surface area contributed by atoms with Gasteiger partial charge in [0.05, 0.1) is 14.2 Å². The fourth-order valence-corrected chi connectivity index (χ4v) is 1.82. The van der Waals surface area contributed by atoms with Crippen LogP contribution in [0.15, 0.2) is 28.0 Å². The summed E-state index contributed by atoms with van der Waals surface area (Å²) in [4.78, 5) is 20.6. The minimum atomic E-state index is -0.535. The molecule has 0 saturated carbocycles. The van der Waals surface area contributed by atoms with Gasteiger partial charge in [-0.3, -0.25) is 14.8 Å². The van der Waals surface area contributed by atoms with Crippen LogP contribution in [0.2, 0.25) is 0 Å². The van der Waals surface area contributed by atoms with Crippen LogP contribution < -0.4 is 15.0 Å². The number of H-pyrrole nitrogens is 2. The van der Waals surface area contributed by atoms with E-state index in [4.69, 9.17) is 21.7 Å². The summed E-state index contributed by atoms with van der Waals surface area (Å²) in [5.41, 5.74) is -0.0755. The van der Waals surface area contributed by atoms with Crippen LogP contribution in [0, 0.1) is 4.77 Å². The highest BCUT2D eigenvalue weighted by atomic mass is 32.1. The third-order valence-corrected chi connectivity index (χ3v) is 2.88. The topological polar surface area (TPSA) is 99.7 Å². The van der Waals surface area contributed by atoms with Crippen LogP contribution in [0.4, 0.5) is 5.69 Å². The summed E-state index contributed by atoms with van der Waals surface area (Å²) < 4.78 is 10.3. The molecule has 0 spiro atoms. The number of aromatic amines is 2. The maximum Gasteiger partial charge on any atom is 0.264 e. The third kappa shape index (κ3) is 3.29. The van der Waals surface area contributed by atoms with E-state index < -0.39 is 5.56 Å². The Hall–Kier alpha value is -2.61. The molecule has 110 valence electrons. The zero-order chi connectivity index (χ0) is 15.4. The smallest absolute Gasteiger partial charge is 0.264 e. The van der Waals surface area contributed by atoms with Gasteiger partial charge in [0.25, 0.3) is 5.56 Å². The largest absolute Gasteiger partial charge is 0.497 e. The molecule has 0 unspecified atom stereocenters. The van der Waals surface area contributed by atoms with Gasteiger partial charge in [-0.25, -0.2) is 0 Å². The number of nitrogens with zero attached hydrogens (tertiary/aromatic N) is 1. The summed E-state index contributed by atoms with van der Waals surface area (Å²) >= 11 is 4.74. The van der Waals surface area contributed by atoms with Gasteiger partial charge in [-0.2, -0.15) is 0 Å². The molecule has 2 aromatic rings. The quantitative estimate of drug-likeness (QED) is 0.592. The Labute approximate surface area is 124 Å². The molecule has 1 aromatic heterocycles. The predicted molar refractivity (Wildman–Crippen MR) is 80.7 cm³/mol. The summed E-state index contributed by atoms with van der Waals surface area (Å²) in [7, 11) is 3.04. The number of methoxy groups -OCH3 is 2. The molecule has 3 N–H and O–H groups in total. The summed E-state index contributed by atoms with van der Waals surface area (Å²) in [6, 6.07) is 5.04. The number of nitrogens with one attached hydrogen (secondary N) is 2. The molecule has 0 fully saturated rings. The van der Waals surface area contributed by atoms with Crippen LogP contribution >= 0.6 is 12.2 Å². The first kappa shape index (κ1) is 14.8. The van der Waals surface area contributed by atoms with Crippen LogP contribution in [0.5, 0.6) is 17.4 Å². The van der Waals surface area contributed by atoms with Crippen molar-refractivity contribution in [1.29, 1.82) is 0 Å². The van der Waals surface area contributed by atoms with Gasteiger partial charge in [-0.15, -0.1) is 0 Å². The average Bonchev–Trinajstić information content (AvgIpc) is 2.46. The minimum absolute atomic E-state index is 0.0264. The molecule has 0 aliphatic rings. The van der Waals surface area contributed by atoms with Crippen LogP contribution in [0.1, 0.15) is 5.56 Å². The number of hydrogen-bond acceptors (Lipinski definition) is 6. The van der Waals surface area contributed by atoms with E-state index in [9.17, 15) is 9.90 Å². The minimum Gasteiger partial charge on any atom is -0.497 e. The lowest BCUT2D eigenvalue weighted by Crippen LogP contribution is -2.13. The molecule has 1 aromatic carbocycles. The molecule has 0 saturated heterocycles. The van der Waals surface area contributed by atoms with E-state index in [1.165, 1.54) is 13.3 Å². The first-order valence-corrected chi connectivity index (χ1v) is 6.27. The Morgan fingerprint density at radius 3 is 2.67 bits per heavy atom. The standard InChI is InChI=1S/C13H13N3O4S/c1-19-7-3-4-9(10(5-7)20-2)14-6-8-11(17)15-13(21)16-12(8)18/h3-6H,1-2H3,(H3,15,16,17,18,21). The van der Waals surface area contributed by atoms with Crippen molar-refractivity contribution in [2.75, 3.05) is 14.2 Å². The highest BCUT2D eigenvalue weighted by Crippen LogP contribution is 2.31. The van der Waals surface area contributed by atoms with E-state index in [2.05, 4.69) is 15.0 Å². The van der Waals surface area contributed by atoms with Crippen molar-refractivity contribution in [3.05, 3.63) is 38.9 Å². The van der Waals surface area contributed by atoms with Crippen molar-refractivity contribution in [3.8, 4) is 17.4 Å². The second kappa shape index (κ2) is 6.23. The van der Waals surface area contributed by atoms with E-state index in [1.807, 2.05) is 0 Å². The number of aliphatic imine (C=N–C) groups is 1. The van der Waals surface area contributed by atoms with Gasteiger partial charge in [0, 0.05) is 12.3 Å². The first-order valence-electron chi connectivity index (χ1n) is 5.87. The normalized spacial score (nSPS) is 10.8. The summed E-state index contributed by atoms with van der Waals surface area (Å²) in [6.45, 7) is 0. The molecule has 0 radical (unpaired) electrons. The third-order valence-electron chi connectivity index (χ3n) is 2.68. The fraction of sp³-hybridized carbons (Fsp3) is 0.154. The van der Waals surface area contributed by atoms with Crippen molar-refractivity contribution in [2.45, 2.75) is 0 Å². The van der Waals surface area contributed by atoms with Crippen LogP contribution in [0.3, 0.4) is 0 Å². The fourth-order valence-electron chi connectivity index (χ4n) is 1.63. The molecule has 1 heterocycles. The van der Waals surface area contributed by atoms with Crippen molar-refractivity contribution in [2.24, 2.45) is 4.99 Å². The van der Waals surface area contributed by atoms with Crippen LogP contribution in [0.25, 0.3) is 0 Å². The van der Waals surface area contributed by atoms with Gasteiger partial charge in [0.2, 0.25) is 5.88 Å². The van der Waals surface area contributed by atoms with E-state index >= 15 is 0 Å². The van der Waals surface area contributed by atoms with E-state index in [0.29, 0.717) is 17.2 Å². The Balaban J connectivity index is 2.43. The van der Waals surface area contributed by atoms with Gasteiger partial charge in [-0.05, 0) is 24.4 Å². The molecule has 0 bridgehead atoms. The zero-order valence-electron chi connectivity index (χ0n) is 11.3. The summed E-state index contributed by atoms with van der Waals surface area (Å²) in [5, 5.41) is 9.67. The first-order chi connectivity index (χ1) is 10.0. The number of ether oxygens (including phenoxy) is 2. The maximum atomic E-state index is 11.7. The number of aromatic hydroxyl groups is 1. The molecule has 8 heteroatoms. The number of rotatable bonds is 4. The van der Waals surface area contributed by atoms with Crippen molar-refractivity contribution in [1.82, 2.24) is 9.97 Å². The SMILES string of the molecule is COc1ccc(N=Cc2c(O)[nH]c(=S)[nH]c2=O)c(OC)c1. The zero-order valence-corrected chi connectivity index (χ0v) is 12.2. The van der Waals surface area contributed by atoms with Crippen molar-refractivity contribution >= 4 is 24.1 Å². The van der Waals surface area contributed by atoms with Crippen molar-refractivity contribution < 1.29 is 14.6 Å². The van der Waals surface area contributed by atoms with Crippen molar-refractivity contribution in [3.63, 3.8) is 0 Å². The lowest BCUT2D eigenvalue weighted by molar-refractivity contribution is 0.395. The number of hydrogen-bond donors (Lipinski definition) is 3. The molecular weight excluding hydrogens is 294 g/mol. The van der Waals surface area contributed by atoms with Crippen LogP contribution in [-0.4, -0.2) is 35.5 Å². The number of benzene rings is 1. The molecule has 0 aliphatic carbocycles. The average molecular weight is 307 g/mol. The van der Waals surface area contributed by atoms with Crippen LogP contribution in [-0.2, 0) is 0 Å². The van der Waals surface area contributed by atoms with E-state index in [-0.39, 0.29) is 16.2 Å². The summed E-state index contributed by atoms with van der Waals surface area (Å²) in [6.07, 6.45) is 1.23. The van der Waals surface area contributed by atoms with Gasteiger partial charge < -0.3 is 19.6 Å². The van der Waals surface area contributed by atoms with Gasteiger partial charge in [0.1, 0.15) is 22.7 Å². The highest BCUT2D eigenvalue weighted by molar-refractivity contribution is 7.71. The van der Waals surface area contributed by atoms with Gasteiger partial charge in [0.15, 0.2) is 4.77 Å². The Morgan fingerprint density at radius 1 is 1.29 bits per heavy atom. The molecule has 0 amide bonds. The number of aromatic nitrogens is 2. The second-order valence-electron chi connectivity index (χ2n) is 3.97. The molecule has 0 aliphatic heterocycles. The van der Waals surface area contributed by atoms with Gasteiger partial charge >= 0.3 is 0 Å². The Kier molecular flexibility index (Phi) is 4.39. The Bertz CT molecular complexity index is 795. The lowest BCUT2D eigenvalue weighted by Gasteiger charge is -2.06. The lowest BCUT2D eigenvalue weighted by atomic mass is 10.2.